The van der Waals surface area contributed by atoms with Gasteiger partial charge in [0.1, 0.15) is 5.82 Å². The van der Waals surface area contributed by atoms with E-state index in [2.05, 4.69) is 56.5 Å². The molecule has 0 saturated carbocycles. The molecule has 0 bridgehead atoms. The molecule has 0 amide bonds. The minimum atomic E-state index is 0.0913. The van der Waals surface area contributed by atoms with Crippen LogP contribution in [0.3, 0.4) is 0 Å². The van der Waals surface area contributed by atoms with Crippen molar-refractivity contribution < 1.29 is 0 Å². The van der Waals surface area contributed by atoms with Crippen molar-refractivity contribution in [2.45, 2.75) is 142 Å². The van der Waals surface area contributed by atoms with E-state index < -0.39 is 0 Å². The van der Waals surface area contributed by atoms with E-state index in [1.165, 1.54) is 114 Å². The van der Waals surface area contributed by atoms with Gasteiger partial charge in [0, 0.05) is 12.0 Å². The number of rotatable bonds is 17. The van der Waals surface area contributed by atoms with Gasteiger partial charge in [-0.25, -0.2) is 4.98 Å². The Kier molecular flexibility index (Phi) is 12.3. The molecule has 0 atom stereocenters. The molecule has 0 spiro atoms. The number of imidazole rings is 1. The molecule has 0 aliphatic carbocycles. The molecule has 1 aromatic heterocycles. The smallest absolute Gasteiger partial charge is 0.115 e. The molecule has 0 radical (unpaired) electrons. The van der Waals surface area contributed by atoms with Gasteiger partial charge in [-0.2, -0.15) is 0 Å². The zero-order valence-electron chi connectivity index (χ0n) is 21.2. The Morgan fingerprint density at radius 2 is 1.10 bits per heavy atom. The Labute approximate surface area is 193 Å². The lowest BCUT2D eigenvalue weighted by Gasteiger charge is -2.20. The SMILES string of the molecule is CCCCCCCCCCCCCCCCCCn1c(C(C)(C)C)nc2ccccc21. The number of aromatic nitrogens is 2. The molecule has 2 nitrogen and oxygen atoms in total. The van der Waals surface area contributed by atoms with Gasteiger partial charge >= 0.3 is 0 Å². The van der Waals surface area contributed by atoms with Gasteiger partial charge in [-0.05, 0) is 18.6 Å². The first kappa shape index (κ1) is 25.9. The van der Waals surface area contributed by atoms with Gasteiger partial charge in [0.05, 0.1) is 11.0 Å². The van der Waals surface area contributed by atoms with Gasteiger partial charge in [-0.15, -0.1) is 0 Å². The summed E-state index contributed by atoms with van der Waals surface area (Å²) in [5, 5.41) is 0. The fourth-order valence-electron chi connectivity index (χ4n) is 4.69. The first-order chi connectivity index (χ1) is 15.0. The third-order valence-corrected chi connectivity index (χ3v) is 6.56. The van der Waals surface area contributed by atoms with E-state index in [4.69, 9.17) is 4.98 Å². The first-order valence-electron chi connectivity index (χ1n) is 13.5. The van der Waals surface area contributed by atoms with Gasteiger partial charge in [-0.3, -0.25) is 0 Å². The summed E-state index contributed by atoms with van der Waals surface area (Å²) in [5.74, 6) is 1.23. The highest BCUT2D eigenvalue weighted by atomic mass is 15.1. The Balaban J connectivity index is 1.50. The van der Waals surface area contributed by atoms with Crippen molar-refractivity contribution in [3.8, 4) is 0 Å². The Morgan fingerprint density at radius 3 is 1.58 bits per heavy atom. The molecule has 0 unspecified atom stereocenters. The lowest BCUT2D eigenvalue weighted by molar-refractivity contribution is 0.482. The molecular weight excluding hydrogens is 376 g/mol. The van der Waals surface area contributed by atoms with Crippen LogP contribution in [0.5, 0.6) is 0 Å². The summed E-state index contributed by atoms with van der Waals surface area (Å²) >= 11 is 0. The molecule has 1 aromatic carbocycles. The monoisotopic (exact) mass is 426 g/mol. The molecule has 31 heavy (non-hydrogen) atoms. The second-order valence-electron chi connectivity index (χ2n) is 10.6. The van der Waals surface area contributed by atoms with Crippen molar-refractivity contribution in [2.75, 3.05) is 0 Å². The molecule has 1 heterocycles. The highest BCUT2D eigenvalue weighted by Crippen LogP contribution is 2.27. The fraction of sp³-hybridized carbons (Fsp3) is 0.759. The Morgan fingerprint density at radius 1 is 0.645 bits per heavy atom. The summed E-state index contributed by atoms with van der Waals surface area (Å²) < 4.78 is 2.47. The van der Waals surface area contributed by atoms with Gasteiger partial charge in [0.2, 0.25) is 0 Å². The second kappa shape index (κ2) is 14.7. The maximum atomic E-state index is 4.94. The number of nitrogens with zero attached hydrogens (tertiary/aromatic N) is 2. The normalized spacial score (nSPS) is 12.1. The summed E-state index contributed by atoms with van der Waals surface area (Å²) in [6, 6.07) is 8.61. The van der Waals surface area contributed by atoms with Crippen LogP contribution in [0.25, 0.3) is 11.0 Å². The molecule has 0 aliphatic heterocycles. The number of unbranched alkanes of at least 4 members (excludes halogenated alkanes) is 15. The summed E-state index contributed by atoms with van der Waals surface area (Å²) in [6.45, 7) is 10.2. The van der Waals surface area contributed by atoms with Crippen LogP contribution in [0, 0.1) is 0 Å². The number of fused-ring (bicyclic) bond motifs is 1. The summed E-state index contributed by atoms with van der Waals surface area (Å²) in [7, 11) is 0. The van der Waals surface area contributed by atoms with Crippen molar-refractivity contribution in [1.82, 2.24) is 9.55 Å². The lowest BCUT2D eigenvalue weighted by Crippen LogP contribution is -2.19. The molecule has 0 fully saturated rings. The topological polar surface area (TPSA) is 17.8 Å². The van der Waals surface area contributed by atoms with Gasteiger partial charge in [0.25, 0.3) is 0 Å². The lowest BCUT2D eigenvalue weighted by atomic mass is 9.95. The first-order valence-corrected chi connectivity index (χ1v) is 13.5. The van der Waals surface area contributed by atoms with Crippen LogP contribution in [0.4, 0.5) is 0 Å². The highest BCUT2D eigenvalue weighted by molar-refractivity contribution is 5.76. The quantitative estimate of drug-likeness (QED) is 0.230. The minimum absolute atomic E-state index is 0.0913. The average Bonchev–Trinajstić information content (AvgIpc) is 3.13. The van der Waals surface area contributed by atoms with Crippen LogP contribution >= 0.6 is 0 Å². The Bertz CT molecular complexity index is 707. The van der Waals surface area contributed by atoms with Crippen LogP contribution < -0.4 is 0 Å². The number of para-hydroxylation sites is 2. The van der Waals surface area contributed by atoms with Crippen LogP contribution in [-0.4, -0.2) is 9.55 Å². The van der Waals surface area contributed by atoms with Crippen LogP contribution in [0.15, 0.2) is 24.3 Å². The number of benzene rings is 1. The van der Waals surface area contributed by atoms with Crippen molar-refractivity contribution in [1.29, 1.82) is 0 Å². The van der Waals surface area contributed by atoms with Crippen molar-refractivity contribution in [3.63, 3.8) is 0 Å². The fourth-order valence-corrected chi connectivity index (χ4v) is 4.69. The van der Waals surface area contributed by atoms with Gasteiger partial charge in [0.15, 0.2) is 0 Å². The number of hydrogen-bond donors (Lipinski definition) is 0. The third-order valence-electron chi connectivity index (χ3n) is 6.56. The van der Waals surface area contributed by atoms with Crippen molar-refractivity contribution >= 4 is 11.0 Å². The maximum Gasteiger partial charge on any atom is 0.115 e. The van der Waals surface area contributed by atoms with Crippen LogP contribution in [-0.2, 0) is 12.0 Å². The van der Waals surface area contributed by atoms with Crippen molar-refractivity contribution in [2.24, 2.45) is 0 Å². The molecule has 2 heteroatoms. The molecular formula is C29H50N2. The zero-order chi connectivity index (χ0) is 22.4. The van der Waals surface area contributed by atoms with E-state index in [1.54, 1.807) is 0 Å². The molecule has 0 aliphatic rings. The van der Waals surface area contributed by atoms with E-state index in [9.17, 15) is 0 Å². The zero-order valence-corrected chi connectivity index (χ0v) is 21.2. The molecule has 0 saturated heterocycles. The van der Waals surface area contributed by atoms with Crippen molar-refractivity contribution in [3.05, 3.63) is 30.1 Å². The average molecular weight is 427 g/mol. The summed E-state index contributed by atoms with van der Waals surface area (Å²) in [5.41, 5.74) is 2.53. The second-order valence-corrected chi connectivity index (χ2v) is 10.6. The predicted molar refractivity (Wildman–Crippen MR) is 138 cm³/mol. The summed E-state index contributed by atoms with van der Waals surface area (Å²) in [4.78, 5) is 4.94. The number of aryl methyl sites for hydroxylation is 1. The van der Waals surface area contributed by atoms with E-state index in [-0.39, 0.29) is 5.41 Å². The maximum absolute atomic E-state index is 4.94. The molecule has 2 rings (SSSR count). The van der Waals surface area contributed by atoms with E-state index in [0.29, 0.717) is 0 Å². The van der Waals surface area contributed by atoms with E-state index in [0.717, 1.165) is 12.1 Å². The predicted octanol–water partition coefficient (Wildman–Crippen LogP) is 9.60. The van der Waals surface area contributed by atoms with Gasteiger partial charge < -0.3 is 4.57 Å². The largest absolute Gasteiger partial charge is 0.328 e. The molecule has 176 valence electrons. The minimum Gasteiger partial charge on any atom is -0.328 e. The third kappa shape index (κ3) is 9.79. The molecule has 0 N–H and O–H groups in total. The molecule has 2 aromatic rings. The standard InChI is InChI=1S/C29H50N2/c1-5-6-7-8-9-10-11-12-13-14-15-16-17-18-19-22-25-31-27-24-21-20-23-26(27)30-28(31)29(2,3)4/h20-21,23-24H,5-19,22,25H2,1-4H3. The van der Waals surface area contributed by atoms with E-state index >= 15 is 0 Å². The van der Waals surface area contributed by atoms with Crippen LogP contribution in [0.1, 0.15) is 136 Å². The van der Waals surface area contributed by atoms with Crippen LogP contribution in [0.2, 0.25) is 0 Å². The highest BCUT2D eigenvalue weighted by Gasteiger charge is 2.22. The summed E-state index contributed by atoms with van der Waals surface area (Å²) in [6.07, 6.45) is 22.7. The Hall–Kier alpha value is -1.31. The van der Waals surface area contributed by atoms with E-state index in [1.807, 2.05) is 0 Å². The number of hydrogen-bond acceptors (Lipinski definition) is 1. The van der Waals surface area contributed by atoms with Gasteiger partial charge in [-0.1, -0.05) is 136 Å².